The van der Waals surface area contributed by atoms with E-state index >= 15 is 0 Å². The van der Waals surface area contributed by atoms with Crippen LogP contribution in [0.2, 0.25) is 5.02 Å². The van der Waals surface area contributed by atoms with Gasteiger partial charge in [-0.2, -0.15) is 5.10 Å². The molecule has 116 valence electrons. The monoisotopic (exact) mass is 343 g/mol. The Kier molecular flexibility index (Phi) is 4.41. The van der Waals surface area contributed by atoms with Gasteiger partial charge < -0.3 is 0 Å². The van der Waals surface area contributed by atoms with Crippen LogP contribution >= 0.6 is 22.9 Å². The lowest BCUT2D eigenvalue weighted by Crippen LogP contribution is -2.18. The molecule has 0 aliphatic carbocycles. The average Bonchev–Trinajstić information content (AvgIpc) is 2.89. The maximum Gasteiger partial charge on any atom is 0.283 e. The van der Waals surface area contributed by atoms with Gasteiger partial charge in [0.2, 0.25) is 0 Å². The molecular formula is C17H14ClN3OS. The smallest absolute Gasteiger partial charge is 0.266 e. The van der Waals surface area contributed by atoms with Gasteiger partial charge in [-0.1, -0.05) is 29.8 Å². The number of hydrogen-bond acceptors (Lipinski definition) is 4. The Balaban J connectivity index is 1.85. The van der Waals surface area contributed by atoms with E-state index in [0.29, 0.717) is 15.6 Å². The number of aromatic nitrogens is 1. The van der Waals surface area contributed by atoms with Crippen LogP contribution in [-0.4, -0.2) is 16.6 Å². The number of amides is 1. The van der Waals surface area contributed by atoms with E-state index in [0.717, 1.165) is 21.2 Å². The van der Waals surface area contributed by atoms with Crippen molar-refractivity contribution in [1.29, 1.82) is 0 Å². The van der Waals surface area contributed by atoms with Crippen LogP contribution in [0.5, 0.6) is 0 Å². The van der Waals surface area contributed by atoms with Crippen molar-refractivity contribution in [2.24, 2.45) is 5.10 Å². The molecule has 23 heavy (non-hydrogen) atoms. The zero-order valence-electron chi connectivity index (χ0n) is 12.6. The van der Waals surface area contributed by atoms with Crippen LogP contribution in [0.25, 0.3) is 10.1 Å². The lowest BCUT2D eigenvalue weighted by Gasteiger charge is -2.01. The third-order valence-corrected chi connectivity index (χ3v) is 5.05. The summed E-state index contributed by atoms with van der Waals surface area (Å²) in [6.45, 7) is 3.82. The molecule has 0 fully saturated rings. The Morgan fingerprint density at radius 2 is 2.17 bits per heavy atom. The minimum Gasteiger partial charge on any atom is -0.266 e. The van der Waals surface area contributed by atoms with Crippen molar-refractivity contribution >= 4 is 44.6 Å². The van der Waals surface area contributed by atoms with Crippen molar-refractivity contribution in [3.63, 3.8) is 0 Å². The van der Waals surface area contributed by atoms with E-state index in [1.807, 2.05) is 44.2 Å². The lowest BCUT2D eigenvalue weighted by atomic mass is 10.2. The summed E-state index contributed by atoms with van der Waals surface area (Å²) >= 11 is 7.70. The van der Waals surface area contributed by atoms with Crippen molar-refractivity contribution in [2.45, 2.75) is 13.8 Å². The molecule has 3 rings (SSSR count). The maximum atomic E-state index is 12.3. The Morgan fingerprint density at radius 1 is 1.35 bits per heavy atom. The summed E-state index contributed by atoms with van der Waals surface area (Å²) in [5, 5.41) is 5.48. The molecule has 0 unspecified atom stereocenters. The van der Waals surface area contributed by atoms with Gasteiger partial charge in [-0.05, 0) is 31.5 Å². The number of fused-ring (bicyclic) bond motifs is 1. The first-order valence-corrected chi connectivity index (χ1v) is 8.19. The van der Waals surface area contributed by atoms with E-state index < -0.39 is 0 Å². The third kappa shape index (κ3) is 3.25. The van der Waals surface area contributed by atoms with E-state index in [-0.39, 0.29) is 5.91 Å². The largest absolute Gasteiger partial charge is 0.283 e. The summed E-state index contributed by atoms with van der Waals surface area (Å²) in [6.07, 6.45) is 3.38. The number of thiophene rings is 1. The van der Waals surface area contributed by atoms with E-state index in [1.165, 1.54) is 11.3 Å². The maximum absolute atomic E-state index is 12.3. The highest BCUT2D eigenvalue weighted by molar-refractivity contribution is 7.21. The van der Waals surface area contributed by atoms with E-state index in [4.69, 9.17) is 11.6 Å². The molecule has 0 aliphatic rings. The molecule has 4 nitrogen and oxygen atoms in total. The van der Waals surface area contributed by atoms with Gasteiger partial charge in [0.25, 0.3) is 5.91 Å². The second-order valence-corrected chi connectivity index (χ2v) is 6.55. The van der Waals surface area contributed by atoms with Crippen LogP contribution in [0.4, 0.5) is 0 Å². The summed E-state index contributed by atoms with van der Waals surface area (Å²) in [5.74, 6) is -0.308. The minimum absolute atomic E-state index is 0.308. The Morgan fingerprint density at radius 3 is 2.91 bits per heavy atom. The summed E-state index contributed by atoms with van der Waals surface area (Å²) in [6, 6.07) is 9.64. The molecule has 0 saturated heterocycles. The second kappa shape index (κ2) is 6.48. The van der Waals surface area contributed by atoms with Gasteiger partial charge >= 0.3 is 0 Å². The number of carbonyl (C=O) groups is 1. The van der Waals surface area contributed by atoms with Crippen LogP contribution < -0.4 is 5.43 Å². The fraction of sp³-hybridized carbons (Fsp3) is 0.118. The molecule has 1 amide bonds. The fourth-order valence-corrected chi connectivity index (χ4v) is 3.65. The van der Waals surface area contributed by atoms with Crippen LogP contribution in [0.15, 0.2) is 47.8 Å². The second-order valence-electron chi connectivity index (χ2n) is 5.12. The van der Waals surface area contributed by atoms with Gasteiger partial charge in [0.15, 0.2) is 0 Å². The molecule has 2 heterocycles. The summed E-state index contributed by atoms with van der Waals surface area (Å²) in [4.78, 5) is 16.8. The first-order valence-electron chi connectivity index (χ1n) is 7.00. The van der Waals surface area contributed by atoms with Gasteiger partial charge in [-0.3, -0.25) is 9.78 Å². The van der Waals surface area contributed by atoms with Crippen LogP contribution in [-0.2, 0) is 0 Å². The summed E-state index contributed by atoms with van der Waals surface area (Å²) in [7, 11) is 0. The quantitative estimate of drug-likeness (QED) is 0.565. The number of hydrazone groups is 1. The summed E-state index contributed by atoms with van der Waals surface area (Å²) in [5.41, 5.74) is 5.23. The molecule has 6 heteroatoms. The minimum atomic E-state index is -0.308. The molecular weight excluding hydrogens is 330 g/mol. The predicted octanol–water partition coefficient (Wildman–Crippen LogP) is 4.41. The number of benzene rings is 1. The van der Waals surface area contributed by atoms with Crippen molar-refractivity contribution in [3.8, 4) is 0 Å². The van der Waals surface area contributed by atoms with Gasteiger partial charge in [0, 0.05) is 28.0 Å². The summed E-state index contributed by atoms with van der Waals surface area (Å²) < 4.78 is 0.994. The number of nitrogens with zero attached hydrogens (tertiary/aromatic N) is 2. The number of aryl methyl sites for hydroxylation is 1. The highest BCUT2D eigenvalue weighted by Gasteiger charge is 2.17. The molecule has 3 aromatic rings. The molecule has 0 bridgehead atoms. The molecule has 2 aromatic heterocycles. The Labute approximate surface area is 142 Å². The normalized spacial score (nSPS) is 11.7. The standard InChI is InChI=1S/C17H14ClN3OS/c1-10-5-6-13-14(8-10)23-16(15(13)18)17(22)21-20-11(2)12-4-3-7-19-9-12/h3-9H,1-2H3,(H,21,22)/b20-11-. The molecule has 0 radical (unpaired) electrons. The van der Waals surface area contributed by atoms with Crippen LogP contribution in [0.1, 0.15) is 27.7 Å². The number of pyridine rings is 1. The Bertz CT molecular complexity index is 903. The molecule has 0 saturated carbocycles. The number of nitrogens with one attached hydrogen (secondary N) is 1. The van der Waals surface area contributed by atoms with Crippen molar-refractivity contribution in [3.05, 3.63) is 63.8 Å². The zero-order valence-corrected chi connectivity index (χ0v) is 14.2. The first kappa shape index (κ1) is 15.6. The van der Waals surface area contributed by atoms with E-state index in [1.54, 1.807) is 12.4 Å². The Hall–Kier alpha value is -2.24. The van der Waals surface area contributed by atoms with Crippen LogP contribution in [0, 0.1) is 6.92 Å². The van der Waals surface area contributed by atoms with Crippen LogP contribution in [0.3, 0.4) is 0 Å². The van der Waals surface area contributed by atoms with E-state index in [2.05, 4.69) is 15.5 Å². The zero-order chi connectivity index (χ0) is 16.4. The molecule has 1 aromatic carbocycles. The first-order chi connectivity index (χ1) is 11.1. The fourth-order valence-electron chi connectivity index (χ4n) is 2.15. The molecule has 0 aliphatic heterocycles. The van der Waals surface area contributed by atoms with Crippen molar-refractivity contribution in [1.82, 2.24) is 10.4 Å². The SMILES string of the molecule is C/C(=N/NC(=O)c1sc2cc(C)ccc2c1Cl)c1cccnc1. The van der Waals surface area contributed by atoms with Gasteiger partial charge in [-0.15, -0.1) is 11.3 Å². The third-order valence-electron chi connectivity index (χ3n) is 3.40. The number of halogens is 1. The van der Waals surface area contributed by atoms with Gasteiger partial charge in [0.05, 0.1) is 10.7 Å². The molecule has 0 spiro atoms. The highest BCUT2D eigenvalue weighted by Crippen LogP contribution is 2.35. The van der Waals surface area contributed by atoms with Crippen molar-refractivity contribution in [2.75, 3.05) is 0 Å². The number of carbonyl (C=O) groups excluding carboxylic acids is 1. The predicted molar refractivity (Wildman–Crippen MR) is 95.5 cm³/mol. The molecule has 1 N–H and O–H groups in total. The number of rotatable bonds is 3. The van der Waals surface area contributed by atoms with Crippen molar-refractivity contribution < 1.29 is 4.79 Å². The molecule has 0 atom stereocenters. The topological polar surface area (TPSA) is 54.4 Å². The lowest BCUT2D eigenvalue weighted by molar-refractivity contribution is 0.0959. The average molecular weight is 344 g/mol. The highest BCUT2D eigenvalue weighted by atomic mass is 35.5. The van der Waals surface area contributed by atoms with Gasteiger partial charge in [-0.25, -0.2) is 5.43 Å². The van der Waals surface area contributed by atoms with E-state index in [9.17, 15) is 4.79 Å². The van der Waals surface area contributed by atoms with Gasteiger partial charge in [0.1, 0.15) is 4.88 Å². The number of hydrogen-bond donors (Lipinski definition) is 1.